The van der Waals surface area contributed by atoms with Gasteiger partial charge in [0.15, 0.2) is 0 Å². The van der Waals surface area contributed by atoms with E-state index in [4.69, 9.17) is 0 Å². The molecule has 43 heavy (non-hydrogen) atoms. The SMILES string of the molecule is Cc1cc(CNC(=O)c2ccc(CNc3cc4c(cc3F)C(=O)N(C3CCC(=O)NC3=O)C4=O)cc2)cc(C(C)C)c1I. The molecule has 11 heteroatoms. The van der Waals surface area contributed by atoms with Crippen molar-refractivity contribution >= 4 is 57.8 Å². The van der Waals surface area contributed by atoms with Crippen molar-refractivity contribution in [1.82, 2.24) is 15.5 Å². The number of hydrogen-bond acceptors (Lipinski definition) is 6. The van der Waals surface area contributed by atoms with E-state index >= 15 is 0 Å². The van der Waals surface area contributed by atoms with E-state index in [-0.39, 0.29) is 42.1 Å². The Bertz CT molecular complexity index is 1670. The Hall–Kier alpha value is -4.13. The van der Waals surface area contributed by atoms with E-state index in [1.54, 1.807) is 24.3 Å². The molecule has 1 unspecified atom stereocenters. The van der Waals surface area contributed by atoms with E-state index < -0.39 is 35.5 Å². The molecule has 0 bridgehead atoms. The van der Waals surface area contributed by atoms with Crippen LogP contribution in [0.1, 0.15) is 85.9 Å². The number of anilines is 1. The van der Waals surface area contributed by atoms with Gasteiger partial charge in [-0.05, 0) is 88.4 Å². The number of nitrogens with zero attached hydrogens (tertiary/aromatic N) is 1. The number of halogens is 2. The molecule has 0 spiro atoms. The Morgan fingerprint density at radius 3 is 2.33 bits per heavy atom. The molecule has 3 aromatic carbocycles. The first-order chi connectivity index (χ1) is 20.4. The smallest absolute Gasteiger partial charge is 0.262 e. The summed E-state index contributed by atoms with van der Waals surface area (Å²) in [6.45, 7) is 6.95. The summed E-state index contributed by atoms with van der Waals surface area (Å²) < 4.78 is 16.2. The van der Waals surface area contributed by atoms with Crippen LogP contribution >= 0.6 is 22.6 Å². The lowest BCUT2D eigenvalue weighted by molar-refractivity contribution is -0.136. The zero-order chi connectivity index (χ0) is 31.0. The van der Waals surface area contributed by atoms with E-state index in [0.29, 0.717) is 18.0 Å². The molecule has 5 amide bonds. The highest BCUT2D eigenvalue weighted by atomic mass is 127. The second-order valence-electron chi connectivity index (χ2n) is 11.0. The van der Waals surface area contributed by atoms with Crippen LogP contribution in [-0.2, 0) is 22.7 Å². The third-order valence-electron chi connectivity index (χ3n) is 7.64. The van der Waals surface area contributed by atoms with Gasteiger partial charge in [0, 0.05) is 28.6 Å². The zero-order valence-electron chi connectivity index (χ0n) is 23.8. The summed E-state index contributed by atoms with van der Waals surface area (Å²) in [6.07, 6.45) is 0.0128. The van der Waals surface area contributed by atoms with Gasteiger partial charge in [0.2, 0.25) is 11.8 Å². The Balaban J connectivity index is 1.22. The lowest BCUT2D eigenvalue weighted by Crippen LogP contribution is -2.54. The van der Waals surface area contributed by atoms with Crippen molar-refractivity contribution < 1.29 is 28.4 Å². The quantitative estimate of drug-likeness (QED) is 0.230. The predicted octanol–water partition coefficient (Wildman–Crippen LogP) is 4.81. The van der Waals surface area contributed by atoms with Crippen molar-refractivity contribution in [1.29, 1.82) is 0 Å². The predicted molar refractivity (Wildman–Crippen MR) is 166 cm³/mol. The van der Waals surface area contributed by atoms with Crippen molar-refractivity contribution in [2.24, 2.45) is 0 Å². The van der Waals surface area contributed by atoms with Gasteiger partial charge in [-0.2, -0.15) is 0 Å². The Labute approximate surface area is 261 Å². The van der Waals surface area contributed by atoms with Crippen LogP contribution in [0.2, 0.25) is 0 Å². The van der Waals surface area contributed by atoms with Gasteiger partial charge in [-0.3, -0.25) is 34.2 Å². The minimum Gasteiger partial charge on any atom is -0.379 e. The fourth-order valence-corrected chi connectivity index (χ4v) is 6.21. The topological polar surface area (TPSA) is 125 Å². The number of benzene rings is 3. The average molecular weight is 697 g/mol. The van der Waals surface area contributed by atoms with Crippen LogP contribution in [0.5, 0.6) is 0 Å². The maximum atomic E-state index is 14.9. The summed E-state index contributed by atoms with van der Waals surface area (Å²) in [6, 6.07) is 12.2. The van der Waals surface area contributed by atoms with Gasteiger partial charge >= 0.3 is 0 Å². The third-order valence-corrected chi connectivity index (χ3v) is 9.12. The minimum absolute atomic E-state index is 0.00321. The van der Waals surface area contributed by atoms with Crippen LogP contribution in [0.4, 0.5) is 10.1 Å². The van der Waals surface area contributed by atoms with Crippen LogP contribution in [0, 0.1) is 16.3 Å². The zero-order valence-corrected chi connectivity index (χ0v) is 26.0. The number of carbonyl (C=O) groups is 5. The fraction of sp³-hybridized carbons (Fsp3) is 0.281. The molecule has 1 saturated heterocycles. The Morgan fingerprint density at radius 2 is 1.67 bits per heavy atom. The molecule has 222 valence electrons. The largest absolute Gasteiger partial charge is 0.379 e. The van der Waals surface area contributed by atoms with E-state index in [0.717, 1.165) is 22.1 Å². The van der Waals surface area contributed by atoms with Crippen LogP contribution < -0.4 is 16.0 Å². The minimum atomic E-state index is -1.13. The molecule has 0 radical (unpaired) electrons. The molecule has 1 atom stereocenters. The van der Waals surface area contributed by atoms with E-state index in [9.17, 15) is 28.4 Å². The van der Waals surface area contributed by atoms with Crippen LogP contribution in [0.15, 0.2) is 48.5 Å². The summed E-state index contributed by atoms with van der Waals surface area (Å²) in [4.78, 5) is 63.2. The molecule has 2 aliphatic heterocycles. The van der Waals surface area contributed by atoms with Crippen molar-refractivity contribution in [3.63, 3.8) is 0 Å². The highest BCUT2D eigenvalue weighted by molar-refractivity contribution is 14.1. The summed E-state index contributed by atoms with van der Waals surface area (Å²) in [5, 5.41) is 8.04. The molecule has 3 aromatic rings. The van der Waals surface area contributed by atoms with Gasteiger partial charge in [-0.25, -0.2) is 4.39 Å². The van der Waals surface area contributed by atoms with Gasteiger partial charge in [-0.15, -0.1) is 0 Å². The molecular weight excluding hydrogens is 666 g/mol. The molecule has 0 aromatic heterocycles. The van der Waals surface area contributed by atoms with Crippen LogP contribution in [0.3, 0.4) is 0 Å². The normalized spacial score (nSPS) is 16.4. The first-order valence-corrected chi connectivity index (χ1v) is 15.0. The second-order valence-corrected chi connectivity index (χ2v) is 12.1. The van der Waals surface area contributed by atoms with Gasteiger partial charge in [-0.1, -0.05) is 38.1 Å². The molecule has 2 aliphatic rings. The number of hydrogen-bond donors (Lipinski definition) is 3. The van der Waals surface area contributed by atoms with Gasteiger partial charge in [0.05, 0.1) is 16.8 Å². The van der Waals surface area contributed by atoms with Gasteiger partial charge in [0.1, 0.15) is 11.9 Å². The Morgan fingerprint density at radius 1 is 1.00 bits per heavy atom. The van der Waals surface area contributed by atoms with Gasteiger partial charge in [0.25, 0.3) is 17.7 Å². The van der Waals surface area contributed by atoms with Crippen LogP contribution in [-0.4, -0.2) is 40.5 Å². The lowest BCUT2D eigenvalue weighted by Gasteiger charge is -2.27. The first kappa shape index (κ1) is 30.3. The number of fused-ring (bicyclic) bond motifs is 1. The summed E-state index contributed by atoms with van der Waals surface area (Å²) in [7, 11) is 0. The number of rotatable bonds is 8. The molecule has 0 saturated carbocycles. The number of carbonyl (C=O) groups excluding carboxylic acids is 5. The number of amides is 5. The number of nitrogens with one attached hydrogen (secondary N) is 3. The van der Waals surface area contributed by atoms with E-state index in [2.05, 4.69) is 71.4 Å². The lowest BCUT2D eigenvalue weighted by atomic mass is 9.98. The molecule has 5 rings (SSSR count). The highest BCUT2D eigenvalue weighted by Gasteiger charge is 2.45. The summed E-state index contributed by atoms with van der Waals surface area (Å²) >= 11 is 2.36. The number of aryl methyl sites for hydroxylation is 1. The number of piperidine rings is 1. The van der Waals surface area contributed by atoms with E-state index in [1.807, 2.05) is 0 Å². The molecule has 2 heterocycles. The summed E-state index contributed by atoms with van der Waals surface area (Å²) in [5.74, 6) is -3.25. The van der Waals surface area contributed by atoms with E-state index in [1.165, 1.54) is 20.8 Å². The molecule has 9 nitrogen and oxygen atoms in total. The van der Waals surface area contributed by atoms with Crippen molar-refractivity contribution in [2.45, 2.75) is 58.7 Å². The van der Waals surface area contributed by atoms with Crippen molar-refractivity contribution in [3.8, 4) is 0 Å². The monoisotopic (exact) mass is 696 g/mol. The molecular formula is C32H30FIN4O5. The molecule has 3 N–H and O–H groups in total. The first-order valence-electron chi connectivity index (χ1n) is 13.9. The standard InChI is InChI=1S/C32H30FIN4O5/c1-16(2)21-11-19(10-17(3)28(21)34)15-36-29(40)20-6-4-18(5-7-20)14-35-25-13-23-22(12-24(25)33)31(42)38(32(23)43)26-8-9-27(39)37-30(26)41/h4-7,10-13,16,26,35H,8-9,14-15H2,1-3H3,(H,36,40)(H,37,39,41). The van der Waals surface area contributed by atoms with Crippen molar-refractivity contribution in [3.05, 3.63) is 96.9 Å². The van der Waals surface area contributed by atoms with Crippen LogP contribution in [0.25, 0.3) is 0 Å². The van der Waals surface area contributed by atoms with Crippen molar-refractivity contribution in [2.75, 3.05) is 5.32 Å². The second kappa shape index (κ2) is 12.2. The van der Waals surface area contributed by atoms with Gasteiger partial charge < -0.3 is 10.6 Å². The maximum absolute atomic E-state index is 14.9. The highest BCUT2D eigenvalue weighted by Crippen LogP contribution is 2.31. The number of imide groups is 2. The molecule has 0 aliphatic carbocycles. The molecule has 1 fully saturated rings. The maximum Gasteiger partial charge on any atom is 0.262 e. The Kier molecular flexibility index (Phi) is 8.63. The summed E-state index contributed by atoms with van der Waals surface area (Å²) in [5.41, 5.74) is 4.58. The average Bonchev–Trinajstić information content (AvgIpc) is 3.20. The third kappa shape index (κ3) is 6.17. The fourth-order valence-electron chi connectivity index (χ4n) is 5.28.